The molecule has 5 nitrogen and oxygen atoms in total. The molecule has 2 heterocycles. The summed E-state index contributed by atoms with van der Waals surface area (Å²) < 4.78 is 8.06. The second-order valence-electron chi connectivity index (χ2n) is 7.41. The van der Waals surface area contributed by atoms with Crippen LogP contribution in [-0.4, -0.2) is 28.4 Å². The number of carbonyl (C=O) groups excluding carboxylic acids is 1. The second-order valence-corrected chi connectivity index (χ2v) is 8.26. The van der Waals surface area contributed by atoms with Crippen LogP contribution in [0.15, 0.2) is 51.9 Å². The summed E-state index contributed by atoms with van der Waals surface area (Å²) in [6.07, 6.45) is 1.88. The molecule has 1 aliphatic heterocycles. The highest BCUT2D eigenvalue weighted by molar-refractivity contribution is 9.10. The number of amides is 1. The highest BCUT2D eigenvalue weighted by Crippen LogP contribution is 2.42. The van der Waals surface area contributed by atoms with Crippen LogP contribution in [0.2, 0.25) is 0 Å². The van der Waals surface area contributed by atoms with Crippen LogP contribution in [0.4, 0.5) is 0 Å². The number of halogens is 1. The largest absolute Gasteiger partial charge is 0.496 e. The molecule has 1 aliphatic rings. The number of ether oxygens (including phenoxy) is 1. The Morgan fingerprint density at radius 1 is 1.10 bits per heavy atom. The molecule has 1 N–H and O–H groups in total. The third-order valence-electron chi connectivity index (χ3n) is 5.38. The van der Waals surface area contributed by atoms with E-state index in [9.17, 15) is 9.90 Å². The molecular formula is C24H23BrN2O3. The SMILES string of the molecule is CCCCn1c(O)c2c(c1-c1ccc(C)cc1)C(=O)N=C2c1ccc(Br)c(OC)c1. The van der Waals surface area contributed by atoms with Gasteiger partial charge in [-0.15, -0.1) is 0 Å². The molecule has 1 amide bonds. The Morgan fingerprint density at radius 3 is 2.47 bits per heavy atom. The van der Waals surface area contributed by atoms with Crippen molar-refractivity contribution in [1.29, 1.82) is 0 Å². The number of methoxy groups -OCH3 is 1. The molecule has 0 saturated heterocycles. The standard InChI is InChI=1S/C24H23BrN2O3/c1-4-5-12-27-22(15-8-6-14(2)7-9-15)20-19(24(27)29)21(26-23(20)28)16-10-11-17(25)18(13-16)30-3/h6-11,13,29H,4-5,12H2,1-3H3. The summed E-state index contributed by atoms with van der Waals surface area (Å²) in [7, 11) is 1.59. The van der Waals surface area contributed by atoms with Gasteiger partial charge < -0.3 is 14.4 Å². The molecule has 0 fully saturated rings. The Kier molecular flexibility index (Phi) is 5.52. The maximum atomic E-state index is 13.0. The molecule has 3 aromatic rings. The zero-order valence-electron chi connectivity index (χ0n) is 17.2. The van der Waals surface area contributed by atoms with Gasteiger partial charge in [0.25, 0.3) is 5.91 Å². The highest BCUT2D eigenvalue weighted by atomic mass is 79.9. The van der Waals surface area contributed by atoms with Gasteiger partial charge in [0.2, 0.25) is 5.88 Å². The summed E-state index contributed by atoms with van der Waals surface area (Å²) >= 11 is 3.45. The van der Waals surface area contributed by atoms with Crippen LogP contribution in [0.1, 0.15) is 46.8 Å². The van der Waals surface area contributed by atoms with Gasteiger partial charge in [0, 0.05) is 12.1 Å². The van der Waals surface area contributed by atoms with Crippen molar-refractivity contribution in [2.45, 2.75) is 33.2 Å². The van der Waals surface area contributed by atoms with E-state index in [2.05, 4.69) is 27.8 Å². The van der Waals surface area contributed by atoms with E-state index in [1.54, 1.807) is 7.11 Å². The van der Waals surface area contributed by atoms with Crippen LogP contribution in [0.5, 0.6) is 11.6 Å². The lowest BCUT2D eigenvalue weighted by Gasteiger charge is -2.12. The molecule has 2 aromatic carbocycles. The molecule has 154 valence electrons. The molecule has 30 heavy (non-hydrogen) atoms. The van der Waals surface area contributed by atoms with E-state index in [-0.39, 0.29) is 11.8 Å². The van der Waals surface area contributed by atoms with Crippen LogP contribution < -0.4 is 4.74 Å². The van der Waals surface area contributed by atoms with Gasteiger partial charge in [-0.2, -0.15) is 0 Å². The van der Waals surface area contributed by atoms with Gasteiger partial charge in [-0.25, -0.2) is 4.99 Å². The fourth-order valence-electron chi connectivity index (χ4n) is 3.81. The molecular weight excluding hydrogens is 444 g/mol. The lowest BCUT2D eigenvalue weighted by atomic mass is 9.99. The van der Waals surface area contributed by atoms with E-state index in [4.69, 9.17) is 4.74 Å². The summed E-state index contributed by atoms with van der Waals surface area (Å²) in [5.74, 6) is 0.392. The number of aromatic hydroxyl groups is 1. The number of unbranched alkanes of at least 4 members (excludes halogenated alkanes) is 1. The average Bonchev–Trinajstić information content (AvgIpc) is 3.23. The molecule has 0 aliphatic carbocycles. The van der Waals surface area contributed by atoms with Crippen molar-refractivity contribution < 1.29 is 14.6 Å². The summed E-state index contributed by atoms with van der Waals surface area (Å²) in [6, 6.07) is 13.5. The van der Waals surface area contributed by atoms with E-state index in [0.717, 1.165) is 39.7 Å². The summed E-state index contributed by atoms with van der Waals surface area (Å²) in [5.41, 5.74) is 4.91. The number of rotatable bonds is 6. The van der Waals surface area contributed by atoms with E-state index < -0.39 is 0 Å². The lowest BCUT2D eigenvalue weighted by molar-refractivity contribution is 0.101. The number of benzene rings is 2. The van der Waals surface area contributed by atoms with Gasteiger partial charge in [0.1, 0.15) is 5.75 Å². The van der Waals surface area contributed by atoms with E-state index in [0.29, 0.717) is 29.1 Å². The molecule has 4 rings (SSSR count). The number of carbonyl (C=O) groups is 1. The Balaban J connectivity index is 1.93. The first-order chi connectivity index (χ1) is 14.5. The van der Waals surface area contributed by atoms with Gasteiger partial charge in [-0.05, 0) is 47.0 Å². The van der Waals surface area contributed by atoms with Crippen LogP contribution in [0, 0.1) is 6.92 Å². The van der Waals surface area contributed by atoms with Crippen molar-refractivity contribution in [2.75, 3.05) is 7.11 Å². The minimum Gasteiger partial charge on any atom is -0.496 e. The molecule has 0 bridgehead atoms. The highest BCUT2D eigenvalue weighted by Gasteiger charge is 2.36. The first-order valence-electron chi connectivity index (χ1n) is 9.96. The van der Waals surface area contributed by atoms with Crippen molar-refractivity contribution >= 4 is 27.5 Å². The van der Waals surface area contributed by atoms with E-state index in [1.165, 1.54) is 0 Å². The summed E-state index contributed by atoms with van der Waals surface area (Å²) in [4.78, 5) is 17.3. The smallest absolute Gasteiger partial charge is 0.280 e. The number of aliphatic imine (C=N–C) groups is 1. The van der Waals surface area contributed by atoms with Crippen molar-refractivity contribution in [3.8, 4) is 22.9 Å². The second kappa shape index (κ2) is 8.11. The van der Waals surface area contributed by atoms with Gasteiger partial charge in [-0.3, -0.25) is 4.79 Å². The fourth-order valence-corrected chi connectivity index (χ4v) is 4.22. The molecule has 1 aromatic heterocycles. The van der Waals surface area contributed by atoms with Gasteiger partial charge >= 0.3 is 0 Å². The van der Waals surface area contributed by atoms with Crippen LogP contribution in [0.25, 0.3) is 11.3 Å². The van der Waals surface area contributed by atoms with Crippen molar-refractivity contribution in [2.24, 2.45) is 4.99 Å². The maximum Gasteiger partial charge on any atom is 0.280 e. The van der Waals surface area contributed by atoms with Crippen molar-refractivity contribution in [3.63, 3.8) is 0 Å². The molecule has 0 unspecified atom stereocenters. The zero-order valence-corrected chi connectivity index (χ0v) is 18.8. The number of hydrogen-bond acceptors (Lipinski definition) is 3. The maximum absolute atomic E-state index is 13.0. The average molecular weight is 467 g/mol. The quantitative estimate of drug-likeness (QED) is 0.504. The van der Waals surface area contributed by atoms with Gasteiger partial charge in [-0.1, -0.05) is 49.2 Å². The molecule has 0 spiro atoms. The number of aryl methyl sites for hydroxylation is 1. The topological polar surface area (TPSA) is 63.8 Å². The minimum atomic E-state index is -0.331. The minimum absolute atomic E-state index is 0.0838. The van der Waals surface area contributed by atoms with Gasteiger partial charge in [0.05, 0.1) is 34.1 Å². The van der Waals surface area contributed by atoms with Crippen molar-refractivity contribution in [1.82, 2.24) is 4.57 Å². The third kappa shape index (κ3) is 3.35. The van der Waals surface area contributed by atoms with Crippen LogP contribution >= 0.6 is 15.9 Å². The number of nitrogens with zero attached hydrogens (tertiary/aromatic N) is 2. The molecule has 6 heteroatoms. The number of fused-ring (bicyclic) bond motifs is 1. The number of aromatic nitrogens is 1. The lowest BCUT2D eigenvalue weighted by Crippen LogP contribution is -2.04. The third-order valence-corrected chi connectivity index (χ3v) is 6.04. The first-order valence-corrected chi connectivity index (χ1v) is 10.7. The molecule has 0 atom stereocenters. The zero-order chi connectivity index (χ0) is 21.4. The number of hydrogen-bond donors (Lipinski definition) is 1. The Bertz CT molecular complexity index is 1160. The van der Waals surface area contributed by atoms with Crippen LogP contribution in [-0.2, 0) is 6.54 Å². The molecule has 0 radical (unpaired) electrons. The predicted octanol–water partition coefficient (Wildman–Crippen LogP) is 5.73. The van der Waals surface area contributed by atoms with Gasteiger partial charge in [0.15, 0.2) is 0 Å². The summed E-state index contributed by atoms with van der Waals surface area (Å²) in [6.45, 7) is 4.75. The van der Waals surface area contributed by atoms with Crippen molar-refractivity contribution in [3.05, 3.63) is 69.2 Å². The Morgan fingerprint density at radius 2 is 1.80 bits per heavy atom. The normalized spacial score (nSPS) is 12.8. The fraction of sp³-hybridized carbons (Fsp3) is 0.250. The molecule has 0 saturated carbocycles. The first kappa shape index (κ1) is 20.4. The van der Waals surface area contributed by atoms with E-state index in [1.807, 2.05) is 54.0 Å². The predicted molar refractivity (Wildman–Crippen MR) is 122 cm³/mol. The Hall–Kier alpha value is -2.86. The monoisotopic (exact) mass is 466 g/mol. The summed E-state index contributed by atoms with van der Waals surface area (Å²) in [5, 5.41) is 11.2. The van der Waals surface area contributed by atoms with E-state index >= 15 is 0 Å². The Labute approximate surface area is 184 Å². The van der Waals surface area contributed by atoms with Crippen LogP contribution in [0.3, 0.4) is 0 Å².